The maximum absolute atomic E-state index is 13.5. The lowest BCUT2D eigenvalue weighted by Crippen LogP contribution is -2.29. The summed E-state index contributed by atoms with van der Waals surface area (Å²) < 4.78 is 6.43. The van der Waals surface area contributed by atoms with Crippen LogP contribution in [0.2, 0.25) is 5.02 Å². The molecule has 1 aliphatic rings. The van der Waals surface area contributed by atoms with Gasteiger partial charge in [-0.3, -0.25) is 14.5 Å². The van der Waals surface area contributed by atoms with Gasteiger partial charge in [-0.15, -0.1) is 0 Å². The Bertz CT molecular complexity index is 1540. The number of nitrogens with zero attached hydrogens (tertiary/aromatic N) is 3. The quantitative estimate of drug-likeness (QED) is 0.163. The van der Waals surface area contributed by atoms with Crippen LogP contribution in [0.1, 0.15) is 30.5 Å². The number of carbonyl (C=O) groups is 2. The average molecular weight is 548 g/mol. The highest BCUT2D eigenvalue weighted by atomic mass is 35.5. The Labute approximate surface area is 229 Å². The smallest absolute Gasteiger partial charge is 0.301 e. The Balaban J connectivity index is 1.65. The molecular formula is C29H26ClN3O4S. The fourth-order valence-electron chi connectivity index (χ4n) is 4.37. The summed E-state index contributed by atoms with van der Waals surface area (Å²) in [4.78, 5) is 34.9. The van der Waals surface area contributed by atoms with Gasteiger partial charge in [0.25, 0.3) is 5.78 Å². The van der Waals surface area contributed by atoms with Crippen molar-refractivity contribution in [2.24, 2.45) is 0 Å². The molecule has 1 unspecified atom stereocenters. The number of ketones is 1. The van der Waals surface area contributed by atoms with Gasteiger partial charge in [0.15, 0.2) is 5.13 Å². The standard InChI is InChI=1S/C29H26ClN3O4S/c1-4-15-37-21-12-7-18(8-13-21)26(34)24-25(17-5-10-20(11-6-17)32(2)3)33(28(36)27(24)35)29-31-22-14-9-19(30)16-23(22)38-29/h5-14,16,25,34H,4,15H2,1-3H3. The minimum atomic E-state index is -0.863. The molecule has 5 rings (SSSR count). The number of hydrogen-bond acceptors (Lipinski definition) is 7. The molecule has 1 aromatic heterocycles. The molecular weight excluding hydrogens is 522 g/mol. The molecule has 0 aliphatic carbocycles. The second-order valence-corrected chi connectivity index (χ2v) is 10.6. The number of amides is 1. The van der Waals surface area contributed by atoms with Crippen molar-refractivity contribution < 1.29 is 19.4 Å². The number of rotatable bonds is 7. The number of anilines is 2. The number of benzene rings is 3. The Morgan fingerprint density at radius 1 is 1.08 bits per heavy atom. The van der Waals surface area contributed by atoms with E-state index in [1.54, 1.807) is 42.5 Å². The summed E-state index contributed by atoms with van der Waals surface area (Å²) >= 11 is 7.44. The van der Waals surface area contributed by atoms with Crippen molar-refractivity contribution in [1.29, 1.82) is 0 Å². The maximum atomic E-state index is 13.5. The van der Waals surface area contributed by atoms with Crippen molar-refractivity contribution in [3.8, 4) is 5.75 Å². The van der Waals surface area contributed by atoms with Crippen LogP contribution in [0.5, 0.6) is 5.75 Å². The van der Waals surface area contributed by atoms with Gasteiger partial charge < -0.3 is 14.7 Å². The molecule has 194 valence electrons. The maximum Gasteiger partial charge on any atom is 0.301 e. The Morgan fingerprint density at radius 3 is 2.45 bits per heavy atom. The lowest BCUT2D eigenvalue weighted by atomic mass is 9.95. The number of aromatic nitrogens is 1. The molecule has 1 atom stereocenters. The van der Waals surface area contributed by atoms with E-state index in [1.807, 2.05) is 50.2 Å². The van der Waals surface area contributed by atoms with Crippen LogP contribution in [-0.4, -0.2) is 42.5 Å². The zero-order chi connectivity index (χ0) is 27.0. The van der Waals surface area contributed by atoms with Crippen molar-refractivity contribution in [3.63, 3.8) is 0 Å². The number of carbonyl (C=O) groups excluding carboxylic acids is 2. The number of aliphatic hydroxyl groups excluding tert-OH is 1. The number of thiazole rings is 1. The van der Waals surface area contributed by atoms with Crippen molar-refractivity contribution in [1.82, 2.24) is 4.98 Å². The minimum Gasteiger partial charge on any atom is -0.507 e. The number of Topliss-reactive ketones (excluding diaryl/α,β-unsaturated/α-hetero) is 1. The summed E-state index contributed by atoms with van der Waals surface area (Å²) in [7, 11) is 3.86. The van der Waals surface area contributed by atoms with Crippen molar-refractivity contribution >= 4 is 61.4 Å². The summed E-state index contributed by atoms with van der Waals surface area (Å²) in [6, 6.07) is 18.8. The van der Waals surface area contributed by atoms with Gasteiger partial charge in [0, 0.05) is 30.4 Å². The predicted molar refractivity (Wildman–Crippen MR) is 152 cm³/mol. The lowest BCUT2D eigenvalue weighted by Gasteiger charge is -2.23. The van der Waals surface area contributed by atoms with Crippen LogP contribution in [0.25, 0.3) is 16.0 Å². The number of hydrogen-bond donors (Lipinski definition) is 1. The topological polar surface area (TPSA) is 83.0 Å². The molecule has 1 aliphatic heterocycles. The first kappa shape index (κ1) is 25.8. The molecule has 4 aromatic rings. The van der Waals surface area contributed by atoms with Gasteiger partial charge in [-0.25, -0.2) is 4.98 Å². The molecule has 1 fully saturated rings. The third-order valence-corrected chi connectivity index (χ3v) is 7.57. The second kappa shape index (κ2) is 10.5. The van der Waals surface area contributed by atoms with E-state index < -0.39 is 17.7 Å². The molecule has 0 bridgehead atoms. The minimum absolute atomic E-state index is 0.00659. The monoisotopic (exact) mass is 547 g/mol. The lowest BCUT2D eigenvalue weighted by molar-refractivity contribution is -0.132. The van der Waals surface area contributed by atoms with Crippen molar-refractivity contribution in [2.45, 2.75) is 19.4 Å². The zero-order valence-electron chi connectivity index (χ0n) is 21.1. The van der Waals surface area contributed by atoms with Crippen molar-refractivity contribution in [3.05, 3.63) is 88.5 Å². The van der Waals surface area contributed by atoms with Crippen LogP contribution < -0.4 is 14.5 Å². The summed E-state index contributed by atoms with van der Waals surface area (Å²) in [5.41, 5.74) is 2.73. The van der Waals surface area contributed by atoms with Gasteiger partial charge in [-0.1, -0.05) is 42.0 Å². The van der Waals surface area contributed by atoms with Crippen LogP contribution in [0.15, 0.2) is 72.3 Å². The van der Waals surface area contributed by atoms with Gasteiger partial charge >= 0.3 is 5.91 Å². The largest absolute Gasteiger partial charge is 0.507 e. The fraction of sp³-hybridized carbons (Fsp3) is 0.207. The first-order chi connectivity index (χ1) is 18.3. The summed E-state index contributed by atoms with van der Waals surface area (Å²) in [5, 5.41) is 12.3. The number of halogens is 1. The highest BCUT2D eigenvalue weighted by molar-refractivity contribution is 7.22. The van der Waals surface area contributed by atoms with Crippen LogP contribution in [0.4, 0.5) is 10.8 Å². The van der Waals surface area contributed by atoms with Crippen molar-refractivity contribution in [2.75, 3.05) is 30.5 Å². The van der Waals surface area contributed by atoms with Crippen LogP contribution in [0.3, 0.4) is 0 Å². The second-order valence-electron chi connectivity index (χ2n) is 9.14. The molecule has 9 heteroatoms. The molecule has 2 heterocycles. The summed E-state index contributed by atoms with van der Waals surface area (Å²) in [6.07, 6.45) is 0.871. The Morgan fingerprint density at radius 2 is 1.79 bits per heavy atom. The third kappa shape index (κ3) is 4.73. The number of aliphatic hydroxyl groups is 1. The average Bonchev–Trinajstić information content (AvgIpc) is 3.44. The molecule has 7 nitrogen and oxygen atoms in total. The molecule has 3 aromatic carbocycles. The molecule has 38 heavy (non-hydrogen) atoms. The molecule has 1 N–H and O–H groups in total. The molecule has 1 saturated heterocycles. The molecule has 0 spiro atoms. The molecule has 0 radical (unpaired) electrons. The van der Waals surface area contributed by atoms with Gasteiger partial charge in [0.05, 0.1) is 28.4 Å². The normalized spacial score (nSPS) is 16.8. The Kier molecular flexibility index (Phi) is 7.10. The summed E-state index contributed by atoms with van der Waals surface area (Å²) in [6.45, 7) is 2.59. The molecule has 1 amide bonds. The predicted octanol–water partition coefficient (Wildman–Crippen LogP) is 6.43. The van der Waals surface area contributed by atoms with E-state index >= 15 is 0 Å². The highest BCUT2D eigenvalue weighted by Crippen LogP contribution is 2.44. The van der Waals surface area contributed by atoms with E-state index in [9.17, 15) is 14.7 Å². The molecule has 0 saturated carbocycles. The Hall–Kier alpha value is -3.88. The van der Waals surface area contributed by atoms with Gasteiger partial charge in [-0.05, 0) is 66.6 Å². The SMILES string of the molecule is CCCOc1ccc(C(O)=C2C(=O)C(=O)N(c3nc4ccc(Cl)cc4s3)C2c2ccc(N(C)C)cc2)cc1. The van der Waals surface area contributed by atoms with Crippen LogP contribution in [0, 0.1) is 0 Å². The third-order valence-electron chi connectivity index (χ3n) is 6.32. The van der Waals surface area contributed by atoms with Gasteiger partial charge in [-0.2, -0.15) is 0 Å². The van der Waals surface area contributed by atoms with E-state index in [1.165, 1.54) is 16.2 Å². The van der Waals surface area contributed by atoms with E-state index in [0.717, 1.165) is 16.8 Å². The van der Waals surface area contributed by atoms with E-state index in [4.69, 9.17) is 16.3 Å². The number of ether oxygens (including phenoxy) is 1. The first-order valence-electron chi connectivity index (χ1n) is 12.2. The zero-order valence-corrected chi connectivity index (χ0v) is 22.7. The van der Waals surface area contributed by atoms with E-state index in [-0.39, 0.29) is 11.3 Å². The van der Waals surface area contributed by atoms with E-state index in [2.05, 4.69) is 4.98 Å². The summed E-state index contributed by atoms with van der Waals surface area (Å²) in [5.74, 6) is -1.11. The van der Waals surface area contributed by atoms with Gasteiger partial charge in [0.1, 0.15) is 11.5 Å². The van der Waals surface area contributed by atoms with E-state index in [0.29, 0.717) is 39.2 Å². The fourth-order valence-corrected chi connectivity index (χ4v) is 5.64. The van der Waals surface area contributed by atoms with Crippen LogP contribution >= 0.6 is 22.9 Å². The van der Waals surface area contributed by atoms with Crippen LogP contribution in [-0.2, 0) is 9.59 Å². The van der Waals surface area contributed by atoms with Gasteiger partial charge in [0.2, 0.25) is 0 Å². The highest BCUT2D eigenvalue weighted by Gasteiger charge is 2.48. The first-order valence-corrected chi connectivity index (χ1v) is 13.4. The number of fused-ring (bicyclic) bond motifs is 1.